The van der Waals surface area contributed by atoms with Gasteiger partial charge in [-0.3, -0.25) is 9.36 Å². The van der Waals surface area contributed by atoms with Crippen LogP contribution in [0.2, 0.25) is 0 Å². The second-order valence-electron chi connectivity index (χ2n) is 5.56. The predicted octanol–water partition coefficient (Wildman–Crippen LogP) is 3.05. The average Bonchev–Trinajstić information content (AvgIpc) is 2.74. The number of hydrogen-bond donors (Lipinski definition) is 0. The molecule has 0 fully saturated rings. The highest BCUT2D eigenvalue weighted by Crippen LogP contribution is 2.37. The van der Waals surface area contributed by atoms with Gasteiger partial charge in [-0.25, -0.2) is 4.98 Å². The van der Waals surface area contributed by atoms with Crippen molar-refractivity contribution in [3.8, 4) is 0 Å². The molecule has 0 saturated heterocycles. The summed E-state index contributed by atoms with van der Waals surface area (Å²) in [6.07, 6.45) is 2.74. The Morgan fingerprint density at radius 2 is 2.25 bits per heavy atom. The number of thioether (sulfide) groups is 1. The van der Waals surface area contributed by atoms with Crippen LogP contribution >= 0.6 is 23.1 Å². The maximum absolute atomic E-state index is 12.8. The number of thiophene rings is 1. The van der Waals surface area contributed by atoms with Gasteiger partial charge in [-0.05, 0) is 32.6 Å². The summed E-state index contributed by atoms with van der Waals surface area (Å²) in [5, 5.41) is 1.60. The van der Waals surface area contributed by atoms with E-state index in [9.17, 15) is 4.79 Å². The Labute approximate surface area is 126 Å². The molecule has 2 aromatic heterocycles. The number of fused-ring (bicyclic) bond motifs is 3. The van der Waals surface area contributed by atoms with Crippen LogP contribution in [0.3, 0.4) is 0 Å². The average molecular weight is 310 g/mol. The maximum atomic E-state index is 12.8. The Hall–Kier alpha value is -0.850. The third kappa shape index (κ3) is 2.10. The molecule has 108 valence electrons. The molecule has 0 saturated carbocycles. The Bertz CT molecular complexity index is 731. The van der Waals surface area contributed by atoms with E-state index in [4.69, 9.17) is 4.74 Å². The summed E-state index contributed by atoms with van der Waals surface area (Å²) in [6, 6.07) is 0. The molecule has 0 bridgehead atoms. The van der Waals surface area contributed by atoms with Crippen molar-refractivity contribution in [2.24, 2.45) is 0 Å². The number of hydrogen-bond acceptors (Lipinski definition) is 5. The Morgan fingerprint density at radius 1 is 1.50 bits per heavy atom. The molecule has 0 atom stereocenters. The van der Waals surface area contributed by atoms with E-state index in [-0.39, 0.29) is 11.2 Å². The smallest absolute Gasteiger partial charge is 0.263 e. The van der Waals surface area contributed by atoms with Crippen molar-refractivity contribution in [1.82, 2.24) is 9.55 Å². The van der Waals surface area contributed by atoms with Crippen molar-refractivity contribution in [2.45, 2.75) is 51.1 Å². The van der Waals surface area contributed by atoms with E-state index in [0.29, 0.717) is 13.2 Å². The number of aromatic nitrogens is 2. The van der Waals surface area contributed by atoms with Crippen molar-refractivity contribution in [3.63, 3.8) is 0 Å². The number of nitrogens with zero attached hydrogens (tertiary/aromatic N) is 2. The fraction of sp³-hybridized carbons (Fsp3) is 0.571. The van der Waals surface area contributed by atoms with Gasteiger partial charge in [0.2, 0.25) is 0 Å². The van der Waals surface area contributed by atoms with Gasteiger partial charge >= 0.3 is 0 Å². The first-order valence-electron chi connectivity index (χ1n) is 6.70. The van der Waals surface area contributed by atoms with E-state index in [1.54, 1.807) is 15.9 Å². The first-order chi connectivity index (χ1) is 9.46. The monoisotopic (exact) mass is 310 g/mol. The van der Waals surface area contributed by atoms with Gasteiger partial charge in [0.1, 0.15) is 4.83 Å². The summed E-state index contributed by atoms with van der Waals surface area (Å²) in [5.74, 6) is 0. The lowest BCUT2D eigenvalue weighted by Gasteiger charge is -2.29. The number of ether oxygens (including phenoxy) is 1. The lowest BCUT2D eigenvalue weighted by Crippen LogP contribution is -2.32. The van der Waals surface area contributed by atoms with E-state index >= 15 is 0 Å². The minimum atomic E-state index is -0.206. The molecule has 0 aliphatic carbocycles. The molecule has 0 aromatic carbocycles. The van der Waals surface area contributed by atoms with Crippen molar-refractivity contribution in [1.29, 1.82) is 0 Å². The molecule has 0 spiro atoms. The zero-order valence-corrected chi connectivity index (χ0v) is 13.8. The van der Waals surface area contributed by atoms with Crippen LogP contribution in [0.1, 0.15) is 31.2 Å². The van der Waals surface area contributed by atoms with Crippen molar-refractivity contribution < 1.29 is 4.74 Å². The summed E-state index contributed by atoms with van der Waals surface area (Å²) in [7, 11) is 0. The van der Waals surface area contributed by atoms with E-state index < -0.39 is 0 Å². The van der Waals surface area contributed by atoms with Crippen LogP contribution in [-0.4, -0.2) is 21.4 Å². The first kappa shape index (κ1) is 14.1. The minimum Gasteiger partial charge on any atom is -0.370 e. The molecule has 4 nitrogen and oxygen atoms in total. The SMILES string of the molecule is CCn1c(SC)nc2sc3c(c2c1=O)CC(C)(C)OC3. The molecule has 0 amide bonds. The van der Waals surface area contributed by atoms with Crippen molar-refractivity contribution in [3.05, 3.63) is 20.8 Å². The van der Waals surface area contributed by atoms with Gasteiger partial charge < -0.3 is 4.74 Å². The summed E-state index contributed by atoms with van der Waals surface area (Å²) < 4.78 is 7.61. The minimum absolute atomic E-state index is 0.0945. The van der Waals surface area contributed by atoms with E-state index in [2.05, 4.69) is 18.8 Å². The molecule has 2 aromatic rings. The van der Waals surface area contributed by atoms with Gasteiger partial charge in [-0.15, -0.1) is 11.3 Å². The third-order valence-corrected chi connectivity index (χ3v) is 5.43. The second-order valence-corrected chi connectivity index (χ2v) is 7.41. The molecule has 6 heteroatoms. The maximum Gasteiger partial charge on any atom is 0.263 e. The normalized spacial score (nSPS) is 17.4. The quantitative estimate of drug-likeness (QED) is 0.632. The van der Waals surface area contributed by atoms with Crippen LogP contribution < -0.4 is 5.56 Å². The Balaban J connectivity index is 2.32. The van der Waals surface area contributed by atoms with Crippen LogP contribution in [-0.2, 0) is 24.3 Å². The highest BCUT2D eigenvalue weighted by Gasteiger charge is 2.31. The summed E-state index contributed by atoms with van der Waals surface area (Å²) >= 11 is 3.12. The van der Waals surface area contributed by atoms with Gasteiger partial charge in [0.15, 0.2) is 5.16 Å². The summed E-state index contributed by atoms with van der Waals surface area (Å²) in [5.41, 5.74) is 1.04. The van der Waals surface area contributed by atoms with Gasteiger partial charge in [-0.1, -0.05) is 11.8 Å². The molecular weight excluding hydrogens is 292 g/mol. The van der Waals surface area contributed by atoms with Gasteiger partial charge in [0, 0.05) is 17.8 Å². The summed E-state index contributed by atoms with van der Waals surface area (Å²) in [6.45, 7) is 7.37. The molecule has 0 N–H and O–H groups in total. The van der Waals surface area contributed by atoms with Gasteiger partial charge in [0.25, 0.3) is 5.56 Å². The third-order valence-electron chi connectivity index (χ3n) is 3.65. The molecule has 1 aliphatic rings. The molecule has 3 rings (SSSR count). The standard InChI is InChI=1S/C14H18N2O2S2/c1-5-16-12(17)10-8-6-14(2,3)18-7-9(8)20-11(10)15-13(16)19-4/h5-7H2,1-4H3. The van der Waals surface area contributed by atoms with Crippen LogP contribution in [0.15, 0.2) is 9.95 Å². The zero-order valence-electron chi connectivity index (χ0n) is 12.1. The molecule has 1 aliphatic heterocycles. The van der Waals surface area contributed by atoms with E-state index in [1.165, 1.54) is 11.8 Å². The van der Waals surface area contributed by atoms with Crippen molar-refractivity contribution in [2.75, 3.05) is 6.26 Å². The van der Waals surface area contributed by atoms with Crippen LogP contribution in [0.5, 0.6) is 0 Å². The Morgan fingerprint density at radius 3 is 2.90 bits per heavy atom. The largest absolute Gasteiger partial charge is 0.370 e. The van der Waals surface area contributed by atoms with Crippen LogP contribution in [0.25, 0.3) is 10.2 Å². The van der Waals surface area contributed by atoms with E-state index in [0.717, 1.165) is 32.2 Å². The molecule has 3 heterocycles. The highest BCUT2D eigenvalue weighted by atomic mass is 32.2. The Kier molecular flexibility index (Phi) is 3.43. The fourth-order valence-corrected chi connectivity index (χ4v) is 4.41. The molecule has 20 heavy (non-hydrogen) atoms. The number of rotatable bonds is 2. The summed E-state index contributed by atoms with van der Waals surface area (Å²) in [4.78, 5) is 19.4. The molecule has 0 unspecified atom stereocenters. The molecular formula is C14H18N2O2S2. The molecule has 0 radical (unpaired) electrons. The lowest BCUT2D eigenvalue weighted by molar-refractivity contribution is -0.0379. The topological polar surface area (TPSA) is 44.1 Å². The fourth-order valence-electron chi connectivity index (χ4n) is 2.64. The van der Waals surface area contributed by atoms with Gasteiger partial charge in [0.05, 0.1) is 17.6 Å². The van der Waals surface area contributed by atoms with Crippen LogP contribution in [0.4, 0.5) is 0 Å². The van der Waals surface area contributed by atoms with Crippen LogP contribution in [0, 0.1) is 0 Å². The first-order valence-corrected chi connectivity index (χ1v) is 8.74. The van der Waals surface area contributed by atoms with E-state index in [1.807, 2.05) is 13.2 Å². The second kappa shape index (κ2) is 4.86. The zero-order chi connectivity index (χ0) is 14.5. The lowest BCUT2D eigenvalue weighted by atomic mass is 9.94. The predicted molar refractivity (Wildman–Crippen MR) is 83.9 cm³/mol. The highest BCUT2D eigenvalue weighted by molar-refractivity contribution is 7.98. The van der Waals surface area contributed by atoms with Gasteiger partial charge in [-0.2, -0.15) is 0 Å². The van der Waals surface area contributed by atoms with Crippen molar-refractivity contribution >= 4 is 33.3 Å².